The van der Waals surface area contributed by atoms with Crippen LogP contribution in [0.1, 0.15) is 18.5 Å². The zero-order valence-electron chi connectivity index (χ0n) is 12.5. The Bertz CT molecular complexity index is 451. The van der Waals surface area contributed by atoms with Gasteiger partial charge in [-0.1, -0.05) is 30.3 Å². The monoisotopic (exact) mass is 293 g/mol. The van der Waals surface area contributed by atoms with E-state index in [1.54, 1.807) is 6.92 Å². The highest BCUT2D eigenvalue weighted by atomic mass is 16.5. The average Bonchev–Trinajstić information content (AvgIpc) is 2.49. The molecule has 1 aliphatic heterocycles. The maximum Gasteiger partial charge on any atom is 0.396 e. The van der Waals surface area contributed by atoms with Gasteiger partial charge in [-0.25, -0.2) is 4.79 Å². The number of nitrogens with two attached hydrogens (primary N) is 1. The summed E-state index contributed by atoms with van der Waals surface area (Å²) < 4.78 is 4.19. The molecule has 0 aromatic heterocycles. The Morgan fingerprint density at radius 3 is 2.52 bits per heavy atom. The molecule has 1 aromatic rings. The molecule has 0 spiro atoms. The van der Waals surface area contributed by atoms with Crippen molar-refractivity contribution in [3.8, 4) is 0 Å². The fourth-order valence-electron chi connectivity index (χ4n) is 2.01. The van der Waals surface area contributed by atoms with Crippen molar-refractivity contribution in [1.82, 2.24) is 10.2 Å². The van der Waals surface area contributed by atoms with E-state index in [0.717, 1.165) is 19.6 Å². The van der Waals surface area contributed by atoms with E-state index in [2.05, 4.69) is 58.1 Å². The lowest BCUT2D eigenvalue weighted by atomic mass is 10.1. The first-order valence-electron chi connectivity index (χ1n) is 6.98. The van der Waals surface area contributed by atoms with Crippen molar-refractivity contribution in [1.29, 1.82) is 0 Å². The van der Waals surface area contributed by atoms with Crippen LogP contribution in [0.4, 0.5) is 0 Å². The van der Waals surface area contributed by atoms with E-state index >= 15 is 0 Å². The third kappa shape index (κ3) is 6.37. The molecule has 116 valence electrons. The van der Waals surface area contributed by atoms with Crippen molar-refractivity contribution in [3.63, 3.8) is 0 Å². The van der Waals surface area contributed by atoms with E-state index in [-0.39, 0.29) is 6.61 Å². The maximum atomic E-state index is 10.0. The number of hydrogen-bond donors (Lipinski definition) is 2. The van der Waals surface area contributed by atoms with Gasteiger partial charge in [0, 0.05) is 25.7 Å². The van der Waals surface area contributed by atoms with Gasteiger partial charge in [-0.3, -0.25) is 4.79 Å². The van der Waals surface area contributed by atoms with Crippen LogP contribution in [-0.4, -0.2) is 50.1 Å². The zero-order valence-corrected chi connectivity index (χ0v) is 12.5. The molecule has 2 rings (SSSR count). The van der Waals surface area contributed by atoms with E-state index in [9.17, 15) is 9.59 Å². The van der Waals surface area contributed by atoms with Gasteiger partial charge in [0.1, 0.15) is 0 Å². The van der Waals surface area contributed by atoms with Crippen LogP contribution in [0.25, 0.3) is 0 Å². The highest BCUT2D eigenvalue weighted by Crippen LogP contribution is 2.15. The SMILES string of the molecule is CCOC(=O)C(N)=O.CN1CCNC(c2ccccc2)C1. The van der Waals surface area contributed by atoms with Gasteiger partial charge >= 0.3 is 11.9 Å². The second-order valence-corrected chi connectivity index (χ2v) is 4.76. The van der Waals surface area contributed by atoms with Crippen LogP contribution in [0.2, 0.25) is 0 Å². The minimum atomic E-state index is -1.05. The number of nitrogens with one attached hydrogen (secondary N) is 1. The van der Waals surface area contributed by atoms with Crippen LogP contribution in [0.5, 0.6) is 0 Å². The molecule has 1 unspecified atom stereocenters. The molecule has 1 aromatic carbocycles. The summed E-state index contributed by atoms with van der Waals surface area (Å²) in [6.07, 6.45) is 0. The number of amides is 1. The Hall–Kier alpha value is -1.92. The Morgan fingerprint density at radius 2 is 2.05 bits per heavy atom. The number of carbonyl (C=O) groups is 2. The fourth-order valence-corrected chi connectivity index (χ4v) is 2.01. The lowest BCUT2D eigenvalue weighted by Gasteiger charge is -2.31. The normalized spacial score (nSPS) is 18.3. The molecule has 1 aliphatic rings. The molecule has 6 nitrogen and oxygen atoms in total. The third-order valence-electron chi connectivity index (χ3n) is 3.06. The van der Waals surface area contributed by atoms with Crippen LogP contribution >= 0.6 is 0 Å². The quantitative estimate of drug-likeness (QED) is 0.605. The van der Waals surface area contributed by atoms with Crippen molar-refractivity contribution in [3.05, 3.63) is 35.9 Å². The molecule has 1 fully saturated rings. The molecule has 0 radical (unpaired) electrons. The molecule has 1 atom stereocenters. The van der Waals surface area contributed by atoms with Crippen molar-refractivity contribution in [2.24, 2.45) is 5.73 Å². The first kappa shape index (κ1) is 17.1. The molecule has 0 bridgehead atoms. The van der Waals surface area contributed by atoms with E-state index in [1.807, 2.05) is 0 Å². The number of benzene rings is 1. The number of primary amides is 1. The van der Waals surface area contributed by atoms with Crippen molar-refractivity contribution in [2.45, 2.75) is 13.0 Å². The average molecular weight is 293 g/mol. The minimum Gasteiger partial charge on any atom is -0.459 e. The standard InChI is InChI=1S/C11H16N2.C4H7NO3/c1-13-8-7-12-11(9-13)10-5-3-2-4-6-10;1-2-8-4(7)3(5)6/h2-6,11-12H,7-9H2,1H3;2H2,1H3,(H2,5,6). The minimum absolute atomic E-state index is 0.182. The highest BCUT2D eigenvalue weighted by molar-refractivity contribution is 6.31. The van der Waals surface area contributed by atoms with Crippen LogP contribution < -0.4 is 11.1 Å². The van der Waals surface area contributed by atoms with Gasteiger partial charge in [0.2, 0.25) is 0 Å². The molecule has 0 saturated carbocycles. The predicted octanol–water partition coefficient (Wildman–Crippen LogP) is 0.298. The summed E-state index contributed by atoms with van der Waals surface area (Å²) in [6.45, 7) is 5.14. The molecule has 3 N–H and O–H groups in total. The summed E-state index contributed by atoms with van der Waals surface area (Å²) in [4.78, 5) is 22.3. The number of hydrogen-bond acceptors (Lipinski definition) is 5. The number of ether oxygens (including phenoxy) is 1. The highest BCUT2D eigenvalue weighted by Gasteiger charge is 2.17. The Labute approximate surface area is 125 Å². The van der Waals surface area contributed by atoms with Gasteiger partial charge in [-0.05, 0) is 19.5 Å². The topological polar surface area (TPSA) is 84.7 Å². The molecule has 21 heavy (non-hydrogen) atoms. The van der Waals surface area contributed by atoms with E-state index in [0.29, 0.717) is 6.04 Å². The second kappa shape index (κ2) is 9.10. The number of piperazine rings is 1. The largest absolute Gasteiger partial charge is 0.459 e. The van der Waals surface area contributed by atoms with Gasteiger partial charge in [0.25, 0.3) is 0 Å². The Kier molecular flexibility index (Phi) is 7.42. The lowest BCUT2D eigenvalue weighted by molar-refractivity contribution is -0.153. The van der Waals surface area contributed by atoms with Gasteiger partial charge in [-0.15, -0.1) is 0 Å². The van der Waals surface area contributed by atoms with Crippen LogP contribution in [0.15, 0.2) is 30.3 Å². The van der Waals surface area contributed by atoms with Crippen molar-refractivity contribution in [2.75, 3.05) is 33.3 Å². The fraction of sp³-hybridized carbons (Fsp3) is 0.467. The summed E-state index contributed by atoms with van der Waals surface area (Å²) >= 11 is 0. The molecule has 1 heterocycles. The Morgan fingerprint density at radius 1 is 1.38 bits per heavy atom. The van der Waals surface area contributed by atoms with Crippen LogP contribution in [0, 0.1) is 0 Å². The van der Waals surface area contributed by atoms with Gasteiger partial charge in [0.05, 0.1) is 6.61 Å². The molecular formula is C15H23N3O3. The molecular weight excluding hydrogens is 270 g/mol. The smallest absolute Gasteiger partial charge is 0.396 e. The van der Waals surface area contributed by atoms with Crippen LogP contribution in [-0.2, 0) is 14.3 Å². The van der Waals surface area contributed by atoms with E-state index < -0.39 is 11.9 Å². The number of carbonyl (C=O) groups excluding carboxylic acids is 2. The number of esters is 1. The summed E-state index contributed by atoms with van der Waals surface area (Å²) in [6, 6.07) is 11.2. The maximum absolute atomic E-state index is 10.0. The van der Waals surface area contributed by atoms with Crippen LogP contribution in [0.3, 0.4) is 0 Å². The third-order valence-corrected chi connectivity index (χ3v) is 3.06. The first-order valence-corrected chi connectivity index (χ1v) is 6.98. The van der Waals surface area contributed by atoms with Crippen molar-refractivity contribution >= 4 is 11.9 Å². The molecule has 1 amide bonds. The zero-order chi connectivity index (χ0) is 15.7. The number of likely N-dealkylation sites (N-methyl/N-ethyl adjacent to an activating group) is 1. The Balaban J connectivity index is 0.000000240. The lowest BCUT2D eigenvalue weighted by Crippen LogP contribution is -2.43. The number of rotatable bonds is 2. The van der Waals surface area contributed by atoms with Gasteiger partial charge in [-0.2, -0.15) is 0 Å². The van der Waals surface area contributed by atoms with Gasteiger partial charge < -0.3 is 20.7 Å². The van der Waals surface area contributed by atoms with E-state index in [1.165, 1.54) is 5.56 Å². The molecule has 0 aliphatic carbocycles. The first-order chi connectivity index (χ1) is 10.0. The number of nitrogens with zero attached hydrogens (tertiary/aromatic N) is 1. The van der Waals surface area contributed by atoms with E-state index in [4.69, 9.17) is 0 Å². The predicted molar refractivity (Wildman–Crippen MR) is 80.5 cm³/mol. The molecule has 1 saturated heterocycles. The summed E-state index contributed by atoms with van der Waals surface area (Å²) in [5.74, 6) is -2.03. The summed E-state index contributed by atoms with van der Waals surface area (Å²) in [7, 11) is 2.18. The van der Waals surface area contributed by atoms with Gasteiger partial charge in [0.15, 0.2) is 0 Å². The second-order valence-electron chi connectivity index (χ2n) is 4.76. The van der Waals surface area contributed by atoms with Crippen molar-refractivity contribution < 1.29 is 14.3 Å². The summed E-state index contributed by atoms with van der Waals surface area (Å²) in [5.41, 5.74) is 5.91. The molecule has 6 heteroatoms. The summed E-state index contributed by atoms with van der Waals surface area (Å²) in [5, 5.41) is 3.52.